The highest BCUT2D eigenvalue weighted by Crippen LogP contribution is 2.31. The number of amides is 2. The number of imide groups is 1. The van der Waals surface area contributed by atoms with Crippen LogP contribution in [0.1, 0.15) is 31.9 Å². The highest BCUT2D eigenvalue weighted by molar-refractivity contribution is 6.36. The molecule has 1 heterocycles. The van der Waals surface area contributed by atoms with Gasteiger partial charge in [-0.05, 0) is 40.8 Å². The summed E-state index contributed by atoms with van der Waals surface area (Å²) in [5, 5.41) is 13.9. The van der Waals surface area contributed by atoms with Crippen LogP contribution >= 0.6 is 0 Å². The Kier molecular flexibility index (Phi) is 4.77. The SMILES string of the molecule is CN1C(=O)C(Nc2ccc(C(C)(C)C)cc2)=C(c2ccc([N+](=O)[O-])cc2)C1=O. The van der Waals surface area contributed by atoms with Crippen LogP contribution in [0.3, 0.4) is 0 Å². The number of hydrogen-bond acceptors (Lipinski definition) is 5. The van der Waals surface area contributed by atoms with Gasteiger partial charge in [-0.25, -0.2) is 0 Å². The molecule has 2 aromatic carbocycles. The van der Waals surface area contributed by atoms with Gasteiger partial charge in [0, 0.05) is 24.9 Å². The number of nitrogens with zero attached hydrogens (tertiary/aromatic N) is 2. The van der Waals surface area contributed by atoms with Crippen LogP contribution in [0, 0.1) is 10.1 Å². The van der Waals surface area contributed by atoms with Crippen LogP contribution in [0.5, 0.6) is 0 Å². The molecule has 0 spiro atoms. The van der Waals surface area contributed by atoms with Crippen LogP contribution < -0.4 is 5.32 Å². The molecule has 0 radical (unpaired) electrons. The number of hydrogen-bond donors (Lipinski definition) is 1. The van der Waals surface area contributed by atoms with Crippen molar-refractivity contribution in [3.63, 3.8) is 0 Å². The lowest BCUT2D eigenvalue weighted by atomic mass is 9.87. The molecule has 7 heteroatoms. The summed E-state index contributed by atoms with van der Waals surface area (Å²) in [6, 6.07) is 13.2. The molecule has 0 unspecified atom stereocenters. The van der Waals surface area contributed by atoms with E-state index in [2.05, 4.69) is 26.1 Å². The smallest absolute Gasteiger partial charge is 0.277 e. The summed E-state index contributed by atoms with van der Waals surface area (Å²) in [7, 11) is 1.41. The molecule has 7 nitrogen and oxygen atoms in total. The molecule has 3 rings (SSSR count). The first-order valence-corrected chi connectivity index (χ1v) is 8.78. The van der Waals surface area contributed by atoms with E-state index in [4.69, 9.17) is 0 Å². The van der Waals surface area contributed by atoms with Gasteiger partial charge in [0.1, 0.15) is 5.70 Å². The number of non-ortho nitro benzene ring substituents is 1. The third kappa shape index (κ3) is 3.51. The van der Waals surface area contributed by atoms with Gasteiger partial charge in [0.05, 0.1) is 10.5 Å². The standard InChI is InChI=1S/C21H21N3O4/c1-21(2,3)14-7-9-15(10-8-14)22-18-17(19(25)23(4)20(18)26)13-5-11-16(12-6-13)24(27)28/h5-12,22H,1-4H3. The topological polar surface area (TPSA) is 92.6 Å². The van der Waals surface area contributed by atoms with Gasteiger partial charge in [0.25, 0.3) is 17.5 Å². The van der Waals surface area contributed by atoms with Gasteiger partial charge in [0.2, 0.25) is 0 Å². The molecule has 1 N–H and O–H groups in total. The van der Waals surface area contributed by atoms with E-state index in [-0.39, 0.29) is 22.4 Å². The second-order valence-corrected chi connectivity index (χ2v) is 7.68. The maximum Gasteiger partial charge on any atom is 0.277 e. The molecule has 0 saturated heterocycles. The fraction of sp³-hybridized carbons (Fsp3) is 0.238. The van der Waals surface area contributed by atoms with Crippen molar-refractivity contribution in [1.29, 1.82) is 0 Å². The van der Waals surface area contributed by atoms with E-state index in [1.54, 1.807) is 0 Å². The number of carbonyl (C=O) groups excluding carboxylic acids is 2. The molecule has 2 amide bonds. The van der Waals surface area contributed by atoms with Crippen molar-refractivity contribution in [3.8, 4) is 0 Å². The number of nitro benzene ring substituents is 1. The number of carbonyl (C=O) groups is 2. The van der Waals surface area contributed by atoms with Crippen LogP contribution in [-0.2, 0) is 15.0 Å². The van der Waals surface area contributed by atoms with Gasteiger partial charge in [-0.15, -0.1) is 0 Å². The summed E-state index contributed by atoms with van der Waals surface area (Å²) in [6.07, 6.45) is 0. The molecular formula is C21H21N3O4. The lowest BCUT2D eigenvalue weighted by Gasteiger charge is -2.19. The molecular weight excluding hydrogens is 358 g/mol. The van der Waals surface area contributed by atoms with E-state index < -0.39 is 16.7 Å². The number of likely N-dealkylation sites (N-methyl/N-ethyl adjacent to an activating group) is 1. The van der Waals surface area contributed by atoms with Gasteiger partial charge in [0.15, 0.2) is 0 Å². The van der Waals surface area contributed by atoms with Crippen molar-refractivity contribution in [2.45, 2.75) is 26.2 Å². The monoisotopic (exact) mass is 379 g/mol. The molecule has 1 aliphatic rings. The lowest BCUT2D eigenvalue weighted by Crippen LogP contribution is -2.27. The van der Waals surface area contributed by atoms with Crippen LogP contribution in [-0.4, -0.2) is 28.7 Å². The Bertz CT molecular complexity index is 984. The second kappa shape index (κ2) is 6.92. The molecule has 0 atom stereocenters. The molecule has 1 aliphatic heterocycles. The number of nitro groups is 1. The Hall–Kier alpha value is -3.48. The quantitative estimate of drug-likeness (QED) is 0.497. The van der Waals surface area contributed by atoms with Crippen molar-refractivity contribution in [1.82, 2.24) is 4.90 Å². The first kappa shape index (κ1) is 19.3. The van der Waals surface area contributed by atoms with E-state index in [9.17, 15) is 19.7 Å². The van der Waals surface area contributed by atoms with E-state index in [0.717, 1.165) is 10.5 Å². The van der Waals surface area contributed by atoms with Crippen molar-refractivity contribution >= 4 is 28.8 Å². The highest BCUT2D eigenvalue weighted by atomic mass is 16.6. The maximum absolute atomic E-state index is 12.6. The Morgan fingerprint density at radius 3 is 2.00 bits per heavy atom. The first-order chi connectivity index (χ1) is 13.1. The van der Waals surface area contributed by atoms with E-state index in [1.807, 2.05) is 24.3 Å². The van der Waals surface area contributed by atoms with Gasteiger partial charge in [-0.1, -0.05) is 32.9 Å². The molecule has 144 valence electrons. The van der Waals surface area contributed by atoms with Crippen molar-refractivity contribution in [2.24, 2.45) is 0 Å². The zero-order chi connectivity index (χ0) is 20.6. The normalized spacial score (nSPS) is 14.6. The largest absolute Gasteiger partial charge is 0.350 e. The lowest BCUT2D eigenvalue weighted by molar-refractivity contribution is -0.384. The predicted octanol–water partition coefficient (Wildman–Crippen LogP) is 3.71. The molecule has 2 aromatic rings. The van der Waals surface area contributed by atoms with Gasteiger partial charge < -0.3 is 5.32 Å². The van der Waals surface area contributed by atoms with Crippen LogP contribution in [0.2, 0.25) is 0 Å². The summed E-state index contributed by atoms with van der Waals surface area (Å²) in [5.41, 5.74) is 2.55. The maximum atomic E-state index is 12.6. The minimum atomic E-state index is -0.512. The minimum Gasteiger partial charge on any atom is -0.350 e. The summed E-state index contributed by atoms with van der Waals surface area (Å²) in [4.78, 5) is 36.6. The molecule has 0 aromatic heterocycles. The van der Waals surface area contributed by atoms with Gasteiger partial charge in [-0.2, -0.15) is 0 Å². The fourth-order valence-electron chi connectivity index (χ4n) is 2.97. The summed E-state index contributed by atoms with van der Waals surface area (Å²) in [5.74, 6) is -0.897. The third-order valence-corrected chi connectivity index (χ3v) is 4.67. The number of anilines is 1. The van der Waals surface area contributed by atoms with Crippen molar-refractivity contribution in [3.05, 3.63) is 75.5 Å². The van der Waals surface area contributed by atoms with Gasteiger partial charge >= 0.3 is 0 Å². The van der Waals surface area contributed by atoms with E-state index in [1.165, 1.54) is 31.3 Å². The van der Waals surface area contributed by atoms with Crippen molar-refractivity contribution < 1.29 is 14.5 Å². The third-order valence-electron chi connectivity index (χ3n) is 4.67. The summed E-state index contributed by atoms with van der Waals surface area (Å²) < 4.78 is 0. The summed E-state index contributed by atoms with van der Waals surface area (Å²) >= 11 is 0. The molecule has 0 fully saturated rings. The highest BCUT2D eigenvalue weighted by Gasteiger charge is 2.37. The van der Waals surface area contributed by atoms with Crippen LogP contribution in [0.4, 0.5) is 11.4 Å². The zero-order valence-corrected chi connectivity index (χ0v) is 16.1. The predicted molar refractivity (Wildman–Crippen MR) is 107 cm³/mol. The fourth-order valence-corrected chi connectivity index (χ4v) is 2.97. The van der Waals surface area contributed by atoms with Crippen LogP contribution in [0.25, 0.3) is 5.57 Å². The molecule has 28 heavy (non-hydrogen) atoms. The average Bonchev–Trinajstić information content (AvgIpc) is 2.85. The molecule has 0 bridgehead atoms. The van der Waals surface area contributed by atoms with Crippen molar-refractivity contribution in [2.75, 3.05) is 12.4 Å². The number of benzene rings is 2. The first-order valence-electron chi connectivity index (χ1n) is 8.78. The zero-order valence-electron chi connectivity index (χ0n) is 16.1. The molecule has 0 saturated carbocycles. The molecule has 0 aliphatic carbocycles. The number of rotatable bonds is 4. The Morgan fingerprint density at radius 1 is 0.929 bits per heavy atom. The van der Waals surface area contributed by atoms with E-state index in [0.29, 0.717) is 11.3 Å². The Labute approximate surface area is 162 Å². The number of nitrogens with one attached hydrogen (secondary N) is 1. The minimum absolute atomic E-state index is 0.00107. The average molecular weight is 379 g/mol. The Morgan fingerprint density at radius 2 is 1.50 bits per heavy atom. The van der Waals surface area contributed by atoms with Gasteiger partial charge in [-0.3, -0.25) is 24.6 Å². The second-order valence-electron chi connectivity index (χ2n) is 7.68. The van der Waals surface area contributed by atoms with Crippen LogP contribution in [0.15, 0.2) is 54.2 Å². The summed E-state index contributed by atoms with van der Waals surface area (Å²) in [6.45, 7) is 6.33. The van der Waals surface area contributed by atoms with E-state index >= 15 is 0 Å². The Balaban J connectivity index is 2.00.